The van der Waals surface area contributed by atoms with E-state index in [1.54, 1.807) is 24.5 Å². The Hall–Kier alpha value is -0.650. The molecule has 1 N–H and O–H groups in total. The van der Waals surface area contributed by atoms with Gasteiger partial charge in [0.25, 0.3) is 0 Å². The zero-order chi connectivity index (χ0) is 10.8. The van der Waals surface area contributed by atoms with Crippen LogP contribution in [0.25, 0.3) is 10.8 Å². The fourth-order valence-electron chi connectivity index (χ4n) is 1.24. The molecule has 0 aliphatic rings. The van der Waals surface area contributed by atoms with Crippen LogP contribution in [0, 0.1) is 0 Å². The third kappa shape index (κ3) is 2.68. The fraction of sp³-hybridized carbons (Fsp3) is 0.300. The highest BCUT2D eigenvalue weighted by Gasteiger charge is 2.10. The van der Waals surface area contributed by atoms with Gasteiger partial charge in [0.1, 0.15) is 5.76 Å². The molecule has 0 spiro atoms. The maximum Gasteiger partial charge on any atom is 0.236 e. The van der Waals surface area contributed by atoms with Crippen LogP contribution in [0.4, 0.5) is 0 Å². The summed E-state index contributed by atoms with van der Waals surface area (Å²) in [5.74, 6) is 1.32. The molecule has 15 heavy (non-hydrogen) atoms. The first-order valence-corrected chi connectivity index (χ1v) is 6.14. The van der Waals surface area contributed by atoms with Crippen molar-refractivity contribution in [3.63, 3.8) is 0 Å². The number of hydrogen-bond donors (Lipinski definition) is 1. The smallest absolute Gasteiger partial charge is 0.236 e. The summed E-state index contributed by atoms with van der Waals surface area (Å²) in [6, 6.07) is 3.91. The Morgan fingerprint density at radius 3 is 3.00 bits per heavy atom. The molecular formula is C10H10BrNO2S. The number of rotatable bonds is 3. The number of thiophene rings is 1. The van der Waals surface area contributed by atoms with Gasteiger partial charge in [-0.3, -0.25) is 0 Å². The van der Waals surface area contributed by atoms with Crippen LogP contribution in [-0.4, -0.2) is 16.2 Å². The molecular weight excluding hydrogens is 278 g/mol. The Labute approximate surface area is 99.9 Å². The lowest BCUT2D eigenvalue weighted by Crippen LogP contribution is -2.02. The van der Waals surface area contributed by atoms with E-state index in [9.17, 15) is 5.11 Å². The number of nitrogens with zero attached hydrogens (tertiary/aromatic N) is 1. The summed E-state index contributed by atoms with van der Waals surface area (Å²) >= 11 is 4.96. The van der Waals surface area contributed by atoms with E-state index in [0.717, 1.165) is 8.66 Å². The minimum Gasteiger partial charge on any atom is -0.440 e. The predicted octanol–water partition coefficient (Wildman–Crippen LogP) is 3.09. The van der Waals surface area contributed by atoms with Gasteiger partial charge in [-0.05, 0) is 35.0 Å². The molecule has 0 aliphatic carbocycles. The maximum atomic E-state index is 9.20. The summed E-state index contributed by atoms with van der Waals surface area (Å²) in [5, 5.41) is 9.20. The molecule has 0 aliphatic heterocycles. The summed E-state index contributed by atoms with van der Waals surface area (Å²) in [7, 11) is 0. The van der Waals surface area contributed by atoms with Crippen molar-refractivity contribution in [3.05, 3.63) is 27.9 Å². The standard InChI is InChI=1S/C10H10BrNO2S/c1-6(13)4-7-5-12-10(14-7)8-2-3-9(11)15-8/h2-3,5-6,13H,4H2,1H3. The molecule has 5 heteroatoms. The Morgan fingerprint density at radius 2 is 2.40 bits per heavy atom. The predicted molar refractivity (Wildman–Crippen MR) is 62.9 cm³/mol. The average molecular weight is 288 g/mol. The average Bonchev–Trinajstić information content (AvgIpc) is 2.72. The zero-order valence-electron chi connectivity index (χ0n) is 8.11. The second-order valence-electron chi connectivity index (χ2n) is 3.29. The van der Waals surface area contributed by atoms with Crippen molar-refractivity contribution in [2.24, 2.45) is 0 Å². The molecule has 0 bridgehead atoms. The third-order valence-corrected chi connectivity index (χ3v) is 3.45. The Balaban J connectivity index is 2.20. The van der Waals surface area contributed by atoms with Gasteiger partial charge in [0, 0.05) is 6.42 Å². The van der Waals surface area contributed by atoms with E-state index in [2.05, 4.69) is 20.9 Å². The number of hydrogen-bond acceptors (Lipinski definition) is 4. The number of aromatic nitrogens is 1. The van der Waals surface area contributed by atoms with Gasteiger partial charge in [-0.25, -0.2) is 4.98 Å². The van der Waals surface area contributed by atoms with Gasteiger partial charge in [0.2, 0.25) is 5.89 Å². The second kappa shape index (κ2) is 4.47. The molecule has 0 amide bonds. The van der Waals surface area contributed by atoms with Crippen molar-refractivity contribution in [1.29, 1.82) is 0 Å². The Morgan fingerprint density at radius 1 is 1.60 bits per heavy atom. The van der Waals surface area contributed by atoms with Crippen LogP contribution in [0.5, 0.6) is 0 Å². The van der Waals surface area contributed by atoms with Crippen molar-refractivity contribution in [2.45, 2.75) is 19.4 Å². The van der Waals surface area contributed by atoms with E-state index in [0.29, 0.717) is 18.1 Å². The molecule has 0 saturated carbocycles. The number of halogens is 1. The van der Waals surface area contributed by atoms with Crippen molar-refractivity contribution < 1.29 is 9.52 Å². The van der Waals surface area contributed by atoms with Crippen LogP contribution in [0.2, 0.25) is 0 Å². The van der Waals surface area contributed by atoms with E-state index < -0.39 is 6.10 Å². The normalized spacial score (nSPS) is 13.0. The maximum absolute atomic E-state index is 9.20. The van der Waals surface area contributed by atoms with Crippen LogP contribution >= 0.6 is 27.3 Å². The third-order valence-electron chi connectivity index (χ3n) is 1.83. The lowest BCUT2D eigenvalue weighted by molar-refractivity contribution is 0.187. The highest BCUT2D eigenvalue weighted by molar-refractivity contribution is 9.11. The minimum absolute atomic E-state index is 0.402. The minimum atomic E-state index is -0.402. The number of aliphatic hydroxyl groups is 1. The molecule has 2 aromatic heterocycles. The molecule has 2 rings (SSSR count). The van der Waals surface area contributed by atoms with Gasteiger partial charge in [0.05, 0.1) is 21.0 Å². The van der Waals surface area contributed by atoms with Crippen LogP contribution in [0.3, 0.4) is 0 Å². The molecule has 2 aromatic rings. The van der Waals surface area contributed by atoms with Gasteiger partial charge in [-0.1, -0.05) is 0 Å². The molecule has 1 atom stereocenters. The summed E-state index contributed by atoms with van der Waals surface area (Å²) < 4.78 is 6.56. The highest BCUT2D eigenvalue weighted by Crippen LogP contribution is 2.30. The van der Waals surface area contributed by atoms with Gasteiger partial charge in [-0.15, -0.1) is 11.3 Å². The van der Waals surface area contributed by atoms with Crippen molar-refractivity contribution >= 4 is 27.3 Å². The molecule has 2 heterocycles. The molecule has 0 fully saturated rings. The first-order valence-electron chi connectivity index (χ1n) is 4.53. The molecule has 0 radical (unpaired) electrons. The number of oxazole rings is 1. The first kappa shape index (κ1) is 10.9. The largest absolute Gasteiger partial charge is 0.440 e. The SMILES string of the molecule is CC(O)Cc1cnc(-c2ccc(Br)s2)o1. The lowest BCUT2D eigenvalue weighted by Gasteiger charge is -1.97. The van der Waals surface area contributed by atoms with Crippen molar-refractivity contribution in [1.82, 2.24) is 4.98 Å². The molecule has 1 unspecified atom stereocenters. The van der Waals surface area contributed by atoms with Gasteiger partial charge in [-0.2, -0.15) is 0 Å². The number of aliphatic hydroxyl groups excluding tert-OH is 1. The summed E-state index contributed by atoms with van der Waals surface area (Å²) in [6.07, 6.45) is 1.76. The zero-order valence-corrected chi connectivity index (χ0v) is 10.5. The van der Waals surface area contributed by atoms with E-state index in [1.165, 1.54) is 0 Å². The first-order chi connectivity index (χ1) is 7.15. The summed E-state index contributed by atoms with van der Waals surface area (Å²) in [5.41, 5.74) is 0. The quantitative estimate of drug-likeness (QED) is 0.944. The molecule has 0 saturated heterocycles. The summed E-state index contributed by atoms with van der Waals surface area (Å²) in [4.78, 5) is 5.15. The second-order valence-corrected chi connectivity index (χ2v) is 5.75. The van der Waals surface area contributed by atoms with Gasteiger partial charge >= 0.3 is 0 Å². The van der Waals surface area contributed by atoms with Crippen LogP contribution in [0.15, 0.2) is 26.5 Å². The lowest BCUT2D eigenvalue weighted by atomic mass is 10.2. The summed E-state index contributed by atoms with van der Waals surface area (Å²) in [6.45, 7) is 1.73. The van der Waals surface area contributed by atoms with Crippen LogP contribution in [0.1, 0.15) is 12.7 Å². The fourth-order valence-corrected chi connectivity index (χ4v) is 2.56. The Bertz CT molecular complexity index is 450. The van der Waals surface area contributed by atoms with Crippen LogP contribution in [-0.2, 0) is 6.42 Å². The van der Waals surface area contributed by atoms with Gasteiger partial charge in [0.15, 0.2) is 0 Å². The molecule has 3 nitrogen and oxygen atoms in total. The Kier molecular flexibility index (Phi) is 3.23. The van der Waals surface area contributed by atoms with Crippen LogP contribution < -0.4 is 0 Å². The topological polar surface area (TPSA) is 46.3 Å². The monoisotopic (exact) mass is 287 g/mol. The van der Waals surface area contributed by atoms with E-state index >= 15 is 0 Å². The molecule has 0 aromatic carbocycles. The van der Waals surface area contributed by atoms with Crippen molar-refractivity contribution in [3.8, 4) is 10.8 Å². The van der Waals surface area contributed by atoms with Crippen molar-refractivity contribution in [2.75, 3.05) is 0 Å². The highest BCUT2D eigenvalue weighted by atomic mass is 79.9. The van der Waals surface area contributed by atoms with E-state index in [1.807, 2.05) is 12.1 Å². The van der Waals surface area contributed by atoms with E-state index in [4.69, 9.17) is 4.42 Å². The van der Waals surface area contributed by atoms with E-state index in [-0.39, 0.29) is 0 Å². The molecule has 80 valence electrons. The van der Waals surface area contributed by atoms with Gasteiger partial charge < -0.3 is 9.52 Å².